The van der Waals surface area contributed by atoms with Crippen LogP contribution in [0.25, 0.3) is 0 Å². The van der Waals surface area contributed by atoms with E-state index >= 15 is 0 Å². The lowest BCUT2D eigenvalue weighted by molar-refractivity contribution is -0.140. The van der Waals surface area contributed by atoms with Crippen LogP contribution in [0.2, 0.25) is 0 Å². The van der Waals surface area contributed by atoms with Gasteiger partial charge < -0.3 is 19.9 Å². The molecule has 6 nitrogen and oxygen atoms in total. The first kappa shape index (κ1) is 15.9. The highest BCUT2D eigenvalue weighted by Gasteiger charge is 2.15. The maximum Gasteiger partial charge on any atom is 0.306 e. The van der Waals surface area contributed by atoms with E-state index in [1.54, 1.807) is 0 Å². The molecule has 0 aromatic carbocycles. The summed E-state index contributed by atoms with van der Waals surface area (Å²) < 4.78 is 10.2. The van der Waals surface area contributed by atoms with E-state index in [1.807, 2.05) is 20.8 Å². The molecule has 0 aromatic rings. The Kier molecular flexibility index (Phi) is 6.75. The number of carboxylic acids is 1. The van der Waals surface area contributed by atoms with Gasteiger partial charge in [0.05, 0.1) is 18.1 Å². The molecule has 17 heavy (non-hydrogen) atoms. The minimum atomic E-state index is -0.961. The second kappa shape index (κ2) is 7.24. The van der Waals surface area contributed by atoms with E-state index in [0.29, 0.717) is 0 Å². The standard InChI is InChI=1S/C11H21NO5/c1-11(2,3)17-7-9(13)12-6-8(16-4)5-10(14)15/h8H,5-7H2,1-4H3,(H,12,13)(H,14,15). The molecule has 0 bridgehead atoms. The van der Waals surface area contributed by atoms with Crippen molar-refractivity contribution in [3.63, 3.8) is 0 Å². The molecule has 0 aliphatic heterocycles. The summed E-state index contributed by atoms with van der Waals surface area (Å²) in [6.45, 7) is 5.66. The third-order valence-corrected chi connectivity index (χ3v) is 1.90. The van der Waals surface area contributed by atoms with Crippen LogP contribution < -0.4 is 5.32 Å². The van der Waals surface area contributed by atoms with Crippen molar-refractivity contribution in [3.05, 3.63) is 0 Å². The van der Waals surface area contributed by atoms with Crippen LogP contribution in [0.15, 0.2) is 0 Å². The molecule has 0 fully saturated rings. The Morgan fingerprint density at radius 1 is 1.35 bits per heavy atom. The molecule has 6 heteroatoms. The Bertz CT molecular complexity index is 259. The molecule has 0 spiro atoms. The molecule has 1 atom stereocenters. The molecule has 0 saturated carbocycles. The molecule has 1 unspecified atom stereocenters. The van der Waals surface area contributed by atoms with Crippen LogP contribution >= 0.6 is 0 Å². The summed E-state index contributed by atoms with van der Waals surface area (Å²) in [6, 6.07) is 0. The zero-order valence-corrected chi connectivity index (χ0v) is 10.8. The maximum absolute atomic E-state index is 11.4. The number of aliphatic carboxylic acids is 1. The molecule has 0 aromatic heterocycles. The SMILES string of the molecule is COC(CNC(=O)COC(C)(C)C)CC(=O)O. The van der Waals surface area contributed by atoms with Gasteiger partial charge in [-0.25, -0.2) is 0 Å². The second-order valence-electron chi connectivity index (χ2n) is 4.66. The molecular weight excluding hydrogens is 226 g/mol. The van der Waals surface area contributed by atoms with Crippen molar-refractivity contribution >= 4 is 11.9 Å². The molecular formula is C11H21NO5. The van der Waals surface area contributed by atoms with Gasteiger partial charge in [-0.3, -0.25) is 9.59 Å². The van der Waals surface area contributed by atoms with Crippen molar-refractivity contribution in [2.45, 2.75) is 38.9 Å². The Morgan fingerprint density at radius 3 is 2.35 bits per heavy atom. The number of carbonyl (C=O) groups excluding carboxylic acids is 1. The Labute approximate surface area is 101 Å². The predicted molar refractivity (Wildman–Crippen MR) is 61.8 cm³/mol. The van der Waals surface area contributed by atoms with Crippen molar-refractivity contribution < 1.29 is 24.2 Å². The molecule has 0 rings (SSSR count). The van der Waals surface area contributed by atoms with Crippen LogP contribution in [0.3, 0.4) is 0 Å². The van der Waals surface area contributed by atoms with Crippen LogP contribution in [0, 0.1) is 0 Å². The van der Waals surface area contributed by atoms with Crippen LogP contribution in [0.1, 0.15) is 27.2 Å². The van der Waals surface area contributed by atoms with E-state index in [2.05, 4.69) is 5.32 Å². The van der Waals surface area contributed by atoms with E-state index < -0.39 is 12.1 Å². The number of methoxy groups -OCH3 is 1. The van der Waals surface area contributed by atoms with Gasteiger partial charge in [0, 0.05) is 13.7 Å². The van der Waals surface area contributed by atoms with Gasteiger partial charge in [0.2, 0.25) is 5.91 Å². The van der Waals surface area contributed by atoms with Crippen LogP contribution in [0.4, 0.5) is 0 Å². The number of carbonyl (C=O) groups is 2. The average molecular weight is 247 g/mol. The van der Waals surface area contributed by atoms with Gasteiger partial charge in [-0.2, -0.15) is 0 Å². The van der Waals surface area contributed by atoms with Crippen molar-refractivity contribution in [1.29, 1.82) is 0 Å². The minimum Gasteiger partial charge on any atom is -0.481 e. The number of hydrogen-bond acceptors (Lipinski definition) is 4. The van der Waals surface area contributed by atoms with Crippen LogP contribution in [0.5, 0.6) is 0 Å². The predicted octanol–water partition coefficient (Wildman–Crippen LogP) is 0.407. The normalized spacial score (nSPS) is 13.2. The summed E-state index contributed by atoms with van der Waals surface area (Å²) in [5, 5.41) is 11.1. The van der Waals surface area contributed by atoms with Gasteiger partial charge in [0.25, 0.3) is 0 Å². The highest BCUT2D eigenvalue weighted by Crippen LogP contribution is 2.05. The molecule has 0 heterocycles. The van der Waals surface area contributed by atoms with E-state index in [-0.39, 0.29) is 31.1 Å². The quantitative estimate of drug-likeness (QED) is 0.680. The van der Waals surface area contributed by atoms with Gasteiger partial charge in [0.15, 0.2) is 0 Å². The first-order chi connectivity index (χ1) is 7.74. The first-order valence-corrected chi connectivity index (χ1v) is 5.40. The lowest BCUT2D eigenvalue weighted by Gasteiger charge is -2.19. The summed E-state index contributed by atoms with van der Waals surface area (Å²) >= 11 is 0. The Hall–Kier alpha value is -1.14. The fourth-order valence-electron chi connectivity index (χ4n) is 0.994. The molecule has 100 valence electrons. The van der Waals surface area contributed by atoms with Gasteiger partial charge in [0.1, 0.15) is 6.61 Å². The largest absolute Gasteiger partial charge is 0.481 e. The zero-order valence-electron chi connectivity index (χ0n) is 10.8. The smallest absolute Gasteiger partial charge is 0.306 e. The lowest BCUT2D eigenvalue weighted by atomic mass is 10.2. The first-order valence-electron chi connectivity index (χ1n) is 5.40. The van der Waals surface area contributed by atoms with Gasteiger partial charge in [-0.05, 0) is 20.8 Å². The number of hydrogen-bond donors (Lipinski definition) is 2. The number of rotatable bonds is 7. The van der Waals surface area contributed by atoms with E-state index in [0.717, 1.165) is 0 Å². The third kappa shape index (κ3) is 9.77. The monoisotopic (exact) mass is 247 g/mol. The summed E-state index contributed by atoms with van der Waals surface area (Å²) in [5.41, 5.74) is -0.376. The van der Waals surface area contributed by atoms with Crippen molar-refractivity contribution in [2.24, 2.45) is 0 Å². The number of nitrogens with one attached hydrogen (secondary N) is 1. The molecule has 1 amide bonds. The van der Waals surface area contributed by atoms with Gasteiger partial charge in [-0.1, -0.05) is 0 Å². The highest BCUT2D eigenvalue weighted by molar-refractivity contribution is 5.77. The summed E-state index contributed by atoms with van der Waals surface area (Å²) in [4.78, 5) is 21.8. The second-order valence-corrected chi connectivity index (χ2v) is 4.66. The molecule has 0 radical (unpaired) electrons. The molecule has 0 saturated heterocycles. The number of ether oxygens (including phenoxy) is 2. The third-order valence-electron chi connectivity index (χ3n) is 1.90. The van der Waals surface area contributed by atoms with Crippen LogP contribution in [-0.2, 0) is 19.1 Å². The Balaban J connectivity index is 3.85. The maximum atomic E-state index is 11.4. The molecule has 0 aliphatic rings. The number of carboxylic acid groups (broad SMARTS) is 1. The van der Waals surface area contributed by atoms with Crippen LogP contribution in [-0.4, -0.2) is 48.9 Å². The summed E-state index contributed by atoms with van der Waals surface area (Å²) in [7, 11) is 1.41. The van der Waals surface area contributed by atoms with E-state index in [9.17, 15) is 9.59 Å². The van der Waals surface area contributed by atoms with E-state index in [1.165, 1.54) is 7.11 Å². The highest BCUT2D eigenvalue weighted by atomic mass is 16.5. The van der Waals surface area contributed by atoms with E-state index in [4.69, 9.17) is 14.6 Å². The average Bonchev–Trinajstić information content (AvgIpc) is 2.19. The van der Waals surface area contributed by atoms with Crippen molar-refractivity contribution in [1.82, 2.24) is 5.32 Å². The van der Waals surface area contributed by atoms with Crippen molar-refractivity contribution in [3.8, 4) is 0 Å². The fourth-order valence-corrected chi connectivity index (χ4v) is 0.994. The summed E-state index contributed by atoms with van der Waals surface area (Å²) in [5.74, 6) is -1.25. The topological polar surface area (TPSA) is 84.9 Å². The Morgan fingerprint density at radius 2 is 1.94 bits per heavy atom. The van der Waals surface area contributed by atoms with Gasteiger partial charge in [-0.15, -0.1) is 0 Å². The molecule has 2 N–H and O–H groups in total. The minimum absolute atomic E-state index is 0.0486. The number of amides is 1. The van der Waals surface area contributed by atoms with Gasteiger partial charge >= 0.3 is 5.97 Å². The van der Waals surface area contributed by atoms with Crippen molar-refractivity contribution in [2.75, 3.05) is 20.3 Å². The lowest BCUT2D eigenvalue weighted by Crippen LogP contribution is -2.38. The molecule has 0 aliphatic carbocycles. The zero-order chi connectivity index (χ0) is 13.5. The fraction of sp³-hybridized carbons (Fsp3) is 0.818. The summed E-state index contributed by atoms with van der Waals surface area (Å²) in [6.07, 6.45) is -0.664.